The quantitative estimate of drug-likeness (QED) is 0.876. The second-order valence-electron chi connectivity index (χ2n) is 5.99. The van der Waals surface area contributed by atoms with Gasteiger partial charge in [-0.3, -0.25) is 0 Å². The van der Waals surface area contributed by atoms with Crippen LogP contribution in [0.1, 0.15) is 44.1 Å². The second kappa shape index (κ2) is 4.10. The van der Waals surface area contributed by atoms with Gasteiger partial charge < -0.3 is 5.73 Å². The van der Waals surface area contributed by atoms with Crippen molar-refractivity contribution in [1.82, 2.24) is 0 Å². The summed E-state index contributed by atoms with van der Waals surface area (Å²) in [6, 6.07) is 8.93. The van der Waals surface area contributed by atoms with Crippen LogP contribution in [0.25, 0.3) is 0 Å². The number of nitrogens with two attached hydrogens (primary N) is 1. The summed E-state index contributed by atoms with van der Waals surface area (Å²) in [5, 5.41) is 0. The molecule has 0 aromatic heterocycles. The summed E-state index contributed by atoms with van der Waals surface area (Å²) in [7, 11) is 0. The molecule has 0 spiro atoms. The van der Waals surface area contributed by atoms with Gasteiger partial charge in [0.05, 0.1) is 0 Å². The van der Waals surface area contributed by atoms with Crippen LogP contribution in [0.3, 0.4) is 0 Å². The first kappa shape index (κ1) is 11.7. The Morgan fingerprint density at radius 3 is 2.24 bits per heavy atom. The summed E-state index contributed by atoms with van der Waals surface area (Å²) in [5.74, 6) is 0. The van der Waals surface area contributed by atoms with Crippen LogP contribution in [0.15, 0.2) is 28.7 Å². The van der Waals surface area contributed by atoms with Crippen LogP contribution in [0.2, 0.25) is 0 Å². The van der Waals surface area contributed by atoms with Crippen molar-refractivity contribution in [3.05, 3.63) is 34.3 Å². The fraction of sp³-hybridized carbons (Fsp3) is 0.600. The summed E-state index contributed by atoms with van der Waals surface area (Å²) in [6.45, 7) is 0.890. The smallest absolute Gasteiger partial charge is 0.0178 e. The predicted molar refractivity (Wildman–Crippen MR) is 75.0 cm³/mol. The largest absolute Gasteiger partial charge is 0.330 e. The molecule has 0 atom stereocenters. The molecule has 1 aromatic carbocycles. The van der Waals surface area contributed by atoms with Gasteiger partial charge in [0.2, 0.25) is 0 Å². The van der Waals surface area contributed by atoms with E-state index in [4.69, 9.17) is 5.73 Å². The topological polar surface area (TPSA) is 26.0 Å². The highest BCUT2D eigenvalue weighted by atomic mass is 79.9. The van der Waals surface area contributed by atoms with Gasteiger partial charge in [0.1, 0.15) is 0 Å². The molecule has 3 saturated carbocycles. The minimum Gasteiger partial charge on any atom is -0.330 e. The van der Waals surface area contributed by atoms with Crippen molar-refractivity contribution in [3.8, 4) is 0 Å². The minimum absolute atomic E-state index is 0.459. The van der Waals surface area contributed by atoms with Crippen LogP contribution < -0.4 is 5.73 Å². The van der Waals surface area contributed by atoms with Crippen LogP contribution in [-0.2, 0) is 5.41 Å². The Morgan fingerprint density at radius 1 is 1.06 bits per heavy atom. The SMILES string of the molecule is NCC12CCC(c3cccc(Br)c3)(CC1)CC2. The first-order valence-electron chi connectivity index (χ1n) is 6.64. The standard InChI is InChI=1S/C15H20BrN/c16-13-3-1-2-12(10-13)15-7-4-14(11-17,5-8-15)6-9-15/h1-3,10H,4-9,11,17H2. The average Bonchev–Trinajstić information content (AvgIpc) is 2.41. The molecule has 0 amide bonds. The zero-order chi connectivity index (χ0) is 11.9. The van der Waals surface area contributed by atoms with Crippen LogP contribution >= 0.6 is 15.9 Å². The summed E-state index contributed by atoms with van der Waals surface area (Å²) >= 11 is 3.60. The molecule has 0 radical (unpaired) electrons. The summed E-state index contributed by atoms with van der Waals surface area (Å²) in [4.78, 5) is 0. The van der Waals surface area contributed by atoms with Gasteiger partial charge >= 0.3 is 0 Å². The van der Waals surface area contributed by atoms with Gasteiger partial charge in [0.15, 0.2) is 0 Å². The second-order valence-corrected chi connectivity index (χ2v) is 6.91. The van der Waals surface area contributed by atoms with E-state index in [0.717, 1.165) is 6.54 Å². The van der Waals surface area contributed by atoms with E-state index in [1.54, 1.807) is 0 Å². The fourth-order valence-electron chi connectivity index (χ4n) is 3.82. The van der Waals surface area contributed by atoms with Crippen LogP contribution in [0, 0.1) is 5.41 Å². The van der Waals surface area contributed by atoms with E-state index in [0.29, 0.717) is 10.8 Å². The molecule has 1 aromatic rings. The van der Waals surface area contributed by atoms with Crippen molar-refractivity contribution in [2.75, 3.05) is 6.54 Å². The highest BCUT2D eigenvalue weighted by molar-refractivity contribution is 9.10. The third kappa shape index (κ3) is 1.86. The number of hydrogen-bond acceptors (Lipinski definition) is 1. The number of halogens is 1. The maximum Gasteiger partial charge on any atom is 0.0178 e. The summed E-state index contributed by atoms with van der Waals surface area (Å²) < 4.78 is 1.21. The van der Waals surface area contributed by atoms with Crippen molar-refractivity contribution in [2.45, 2.75) is 43.9 Å². The molecule has 4 rings (SSSR count). The fourth-order valence-corrected chi connectivity index (χ4v) is 4.22. The Bertz CT molecular complexity index is 402. The van der Waals surface area contributed by atoms with E-state index in [1.807, 2.05) is 0 Å². The summed E-state index contributed by atoms with van der Waals surface area (Å²) in [6.07, 6.45) is 7.99. The molecule has 2 heteroatoms. The third-order valence-electron chi connectivity index (χ3n) is 5.27. The molecule has 17 heavy (non-hydrogen) atoms. The number of benzene rings is 1. The molecular formula is C15H20BrN. The Labute approximate surface area is 112 Å². The lowest BCUT2D eigenvalue weighted by Gasteiger charge is -2.53. The van der Waals surface area contributed by atoms with E-state index in [1.165, 1.54) is 48.6 Å². The van der Waals surface area contributed by atoms with Crippen LogP contribution in [0.5, 0.6) is 0 Å². The lowest BCUT2D eigenvalue weighted by atomic mass is 9.52. The van der Waals surface area contributed by atoms with Crippen molar-refractivity contribution in [1.29, 1.82) is 0 Å². The minimum atomic E-state index is 0.459. The van der Waals surface area contributed by atoms with Gasteiger partial charge in [-0.25, -0.2) is 0 Å². The van der Waals surface area contributed by atoms with E-state index >= 15 is 0 Å². The first-order chi connectivity index (χ1) is 8.18. The Morgan fingerprint density at radius 2 is 1.71 bits per heavy atom. The van der Waals surface area contributed by atoms with Crippen molar-refractivity contribution < 1.29 is 0 Å². The van der Waals surface area contributed by atoms with Gasteiger partial charge in [-0.1, -0.05) is 28.1 Å². The molecule has 0 heterocycles. The zero-order valence-corrected chi connectivity index (χ0v) is 11.8. The van der Waals surface area contributed by atoms with E-state index in [2.05, 4.69) is 40.2 Å². The molecule has 92 valence electrons. The normalized spacial score (nSPS) is 36.1. The molecule has 2 N–H and O–H groups in total. The number of fused-ring (bicyclic) bond motifs is 3. The van der Waals surface area contributed by atoms with Crippen molar-refractivity contribution in [3.63, 3.8) is 0 Å². The van der Waals surface area contributed by atoms with Gasteiger partial charge in [-0.15, -0.1) is 0 Å². The van der Waals surface area contributed by atoms with Crippen LogP contribution in [-0.4, -0.2) is 6.54 Å². The highest BCUT2D eigenvalue weighted by Crippen LogP contribution is 2.57. The maximum atomic E-state index is 5.97. The predicted octanol–water partition coefficient (Wildman–Crippen LogP) is 4.00. The first-order valence-corrected chi connectivity index (χ1v) is 7.44. The number of hydrogen-bond donors (Lipinski definition) is 1. The van der Waals surface area contributed by atoms with Gasteiger partial charge in [0, 0.05) is 4.47 Å². The molecule has 0 saturated heterocycles. The lowest BCUT2D eigenvalue weighted by molar-refractivity contribution is 0.0471. The average molecular weight is 294 g/mol. The Kier molecular flexibility index (Phi) is 2.83. The highest BCUT2D eigenvalue weighted by Gasteiger charge is 2.48. The zero-order valence-electron chi connectivity index (χ0n) is 10.2. The molecule has 0 aliphatic heterocycles. The van der Waals surface area contributed by atoms with Crippen molar-refractivity contribution in [2.24, 2.45) is 11.1 Å². The molecule has 3 aliphatic rings. The maximum absolute atomic E-state index is 5.97. The lowest BCUT2D eigenvalue weighted by Crippen LogP contribution is -2.47. The summed E-state index contributed by atoms with van der Waals surface area (Å²) in [5.41, 5.74) is 8.46. The Hall–Kier alpha value is -0.340. The van der Waals surface area contributed by atoms with Crippen molar-refractivity contribution >= 4 is 15.9 Å². The molecule has 0 unspecified atom stereocenters. The van der Waals surface area contributed by atoms with Gasteiger partial charge in [-0.05, 0) is 73.6 Å². The van der Waals surface area contributed by atoms with E-state index in [-0.39, 0.29) is 0 Å². The van der Waals surface area contributed by atoms with Gasteiger partial charge in [0.25, 0.3) is 0 Å². The third-order valence-corrected chi connectivity index (χ3v) is 5.76. The number of rotatable bonds is 2. The monoisotopic (exact) mass is 293 g/mol. The molecule has 2 bridgehead atoms. The molecule has 1 nitrogen and oxygen atoms in total. The van der Waals surface area contributed by atoms with Gasteiger partial charge in [-0.2, -0.15) is 0 Å². The van der Waals surface area contributed by atoms with Crippen LogP contribution in [0.4, 0.5) is 0 Å². The molecular weight excluding hydrogens is 274 g/mol. The Balaban J connectivity index is 1.90. The van der Waals surface area contributed by atoms with E-state index in [9.17, 15) is 0 Å². The van der Waals surface area contributed by atoms with E-state index < -0.39 is 0 Å². The molecule has 3 aliphatic carbocycles. The molecule has 3 fully saturated rings.